The first-order valence-electron chi connectivity index (χ1n) is 7.23. The van der Waals surface area contributed by atoms with Crippen molar-refractivity contribution in [3.8, 4) is 0 Å². The fourth-order valence-electron chi connectivity index (χ4n) is 1.69. The van der Waals surface area contributed by atoms with E-state index in [0.717, 1.165) is 0 Å². The standard InChI is InChI=1S/C14H26N2O4S/c1-4-12(17)15(3)7-8-16(13(18)5-2)9-11-21-10-6-14(19)20/h4-11H2,1-3H3,(H,19,20). The molecule has 6 nitrogen and oxygen atoms in total. The molecule has 122 valence electrons. The van der Waals surface area contributed by atoms with E-state index in [4.69, 9.17) is 5.11 Å². The number of carboxylic acids is 1. The van der Waals surface area contributed by atoms with Gasteiger partial charge >= 0.3 is 5.97 Å². The summed E-state index contributed by atoms with van der Waals surface area (Å²) in [7, 11) is 1.74. The monoisotopic (exact) mass is 318 g/mol. The summed E-state index contributed by atoms with van der Waals surface area (Å²) in [4.78, 5) is 37.1. The summed E-state index contributed by atoms with van der Waals surface area (Å²) in [5, 5.41) is 8.55. The van der Waals surface area contributed by atoms with Gasteiger partial charge in [0.1, 0.15) is 0 Å². The van der Waals surface area contributed by atoms with E-state index in [1.54, 1.807) is 16.8 Å². The van der Waals surface area contributed by atoms with Crippen LogP contribution in [0, 0.1) is 0 Å². The van der Waals surface area contributed by atoms with Gasteiger partial charge in [-0.05, 0) is 0 Å². The van der Waals surface area contributed by atoms with Gasteiger partial charge in [-0.2, -0.15) is 11.8 Å². The van der Waals surface area contributed by atoms with E-state index in [-0.39, 0.29) is 18.2 Å². The Kier molecular flexibility index (Phi) is 10.7. The Hall–Kier alpha value is -1.24. The zero-order valence-electron chi connectivity index (χ0n) is 13.1. The van der Waals surface area contributed by atoms with E-state index in [1.165, 1.54) is 11.8 Å². The molecule has 0 aromatic carbocycles. The molecule has 0 saturated heterocycles. The maximum Gasteiger partial charge on any atom is 0.304 e. The summed E-state index contributed by atoms with van der Waals surface area (Å²) in [6.45, 7) is 5.26. The van der Waals surface area contributed by atoms with Crippen molar-refractivity contribution in [2.24, 2.45) is 0 Å². The predicted molar refractivity (Wildman–Crippen MR) is 84.4 cm³/mol. The van der Waals surface area contributed by atoms with Crippen molar-refractivity contribution < 1.29 is 19.5 Å². The Morgan fingerprint density at radius 1 is 0.952 bits per heavy atom. The Balaban J connectivity index is 4.12. The highest BCUT2D eigenvalue weighted by Crippen LogP contribution is 2.05. The highest BCUT2D eigenvalue weighted by atomic mass is 32.2. The number of nitrogens with zero attached hydrogens (tertiary/aromatic N) is 2. The highest BCUT2D eigenvalue weighted by molar-refractivity contribution is 7.99. The van der Waals surface area contributed by atoms with Gasteiger partial charge < -0.3 is 14.9 Å². The van der Waals surface area contributed by atoms with Crippen molar-refractivity contribution in [1.82, 2.24) is 9.80 Å². The minimum absolute atomic E-state index is 0.0613. The topological polar surface area (TPSA) is 77.9 Å². The second kappa shape index (κ2) is 11.4. The third-order valence-electron chi connectivity index (χ3n) is 3.05. The molecular formula is C14H26N2O4S. The predicted octanol–water partition coefficient (Wildman–Crippen LogP) is 1.30. The lowest BCUT2D eigenvalue weighted by molar-refractivity contribution is -0.136. The van der Waals surface area contributed by atoms with E-state index in [9.17, 15) is 14.4 Å². The van der Waals surface area contributed by atoms with Gasteiger partial charge in [0.05, 0.1) is 6.42 Å². The molecule has 0 aliphatic rings. The average molecular weight is 318 g/mol. The number of likely N-dealkylation sites (N-methyl/N-ethyl adjacent to an activating group) is 1. The Bertz CT molecular complexity index is 350. The Morgan fingerprint density at radius 2 is 1.57 bits per heavy atom. The second-order valence-corrected chi connectivity index (χ2v) is 5.88. The number of carbonyl (C=O) groups is 3. The van der Waals surface area contributed by atoms with Crippen LogP contribution in [0.25, 0.3) is 0 Å². The molecule has 0 radical (unpaired) electrons. The SMILES string of the molecule is CCC(=O)N(C)CCN(CCSCCC(=O)O)C(=O)CC. The summed E-state index contributed by atoms with van der Waals surface area (Å²) in [6.07, 6.45) is 1.04. The molecule has 21 heavy (non-hydrogen) atoms. The van der Waals surface area contributed by atoms with Gasteiger partial charge in [0, 0.05) is 51.0 Å². The van der Waals surface area contributed by atoms with Crippen molar-refractivity contribution in [3.05, 3.63) is 0 Å². The van der Waals surface area contributed by atoms with Gasteiger partial charge in [-0.1, -0.05) is 13.8 Å². The van der Waals surface area contributed by atoms with Gasteiger partial charge in [-0.15, -0.1) is 0 Å². The maximum atomic E-state index is 11.9. The first kappa shape index (κ1) is 19.8. The molecule has 0 aliphatic heterocycles. The zero-order chi connectivity index (χ0) is 16.3. The van der Waals surface area contributed by atoms with Crippen molar-refractivity contribution in [3.63, 3.8) is 0 Å². The summed E-state index contributed by atoms with van der Waals surface area (Å²) in [5.74, 6) is 0.590. The van der Waals surface area contributed by atoms with Crippen LogP contribution >= 0.6 is 11.8 Å². The molecule has 0 heterocycles. The molecular weight excluding hydrogens is 292 g/mol. The molecule has 0 bridgehead atoms. The van der Waals surface area contributed by atoms with Crippen LogP contribution in [-0.2, 0) is 14.4 Å². The fraction of sp³-hybridized carbons (Fsp3) is 0.786. The van der Waals surface area contributed by atoms with Crippen LogP contribution in [0.3, 0.4) is 0 Å². The van der Waals surface area contributed by atoms with Crippen LogP contribution in [0.5, 0.6) is 0 Å². The third-order valence-corrected chi connectivity index (χ3v) is 4.02. The minimum Gasteiger partial charge on any atom is -0.481 e. The normalized spacial score (nSPS) is 10.2. The minimum atomic E-state index is -0.802. The lowest BCUT2D eigenvalue weighted by Crippen LogP contribution is -2.40. The molecule has 0 fully saturated rings. The molecule has 0 atom stereocenters. The molecule has 0 aromatic rings. The van der Waals surface area contributed by atoms with Crippen LogP contribution < -0.4 is 0 Å². The lowest BCUT2D eigenvalue weighted by atomic mass is 10.3. The number of hydrogen-bond donors (Lipinski definition) is 1. The molecule has 0 unspecified atom stereocenters. The van der Waals surface area contributed by atoms with Gasteiger partial charge in [0.15, 0.2) is 0 Å². The Morgan fingerprint density at radius 3 is 2.10 bits per heavy atom. The van der Waals surface area contributed by atoms with Crippen molar-refractivity contribution in [2.45, 2.75) is 33.1 Å². The van der Waals surface area contributed by atoms with Crippen molar-refractivity contribution in [2.75, 3.05) is 38.2 Å². The summed E-state index contributed by atoms with van der Waals surface area (Å²) >= 11 is 1.53. The molecule has 0 aliphatic carbocycles. The quantitative estimate of drug-likeness (QED) is 0.581. The summed E-state index contributed by atoms with van der Waals surface area (Å²) in [5.41, 5.74) is 0. The van der Waals surface area contributed by atoms with E-state index < -0.39 is 5.97 Å². The van der Waals surface area contributed by atoms with Crippen LogP contribution in [0.1, 0.15) is 33.1 Å². The number of carboxylic acid groups (broad SMARTS) is 1. The van der Waals surface area contributed by atoms with Crippen LogP contribution in [0.4, 0.5) is 0 Å². The molecule has 0 aromatic heterocycles. The van der Waals surface area contributed by atoms with Gasteiger partial charge in [0.2, 0.25) is 11.8 Å². The summed E-state index contributed by atoms with van der Waals surface area (Å²) < 4.78 is 0. The number of rotatable bonds is 11. The molecule has 1 N–H and O–H groups in total. The van der Waals surface area contributed by atoms with Crippen LogP contribution in [0.15, 0.2) is 0 Å². The van der Waals surface area contributed by atoms with Crippen LogP contribution in [-0.4, -0.2) is 70.9 Å². The number of carbonyl (C=O) groups excluding carboxylic acids is 2. The first-order valence-corrected chi connectivity index (χ1v) is 8.39. The van der Waals surface area contributed by atoms with Crippen LogP contribution in [0.2, 0.25) is 0 Å². The average Bonchev–Trinajstić information content (AvgIpc) is 2.47. The van der Waals surface area contributed by atoms with E-state index >= 15 is 0 Å². The largest absolute Gasteiger partial charge is 0.481 e. The number of thioether (sulfide) groups is 1. The van der Waals surface area contributed by atoms with Gasteiger partial charge in [-0.3, -0.25) is 14.4 Å². The van der Waals surface area contributed by atoms with Gasteiger partial charge in [0.25, 0.3) is 0 Å². The molecule has 0 spiro atoms. The zero-order valence-corrected chi connectivity index (χ0v) is 13.9. The number of hydrogen-bond acceptors (Lipinski definition) is 4. The van der Waals surface area contributed by atoms with Gasteiger partial charge in [-0.25, -0.2) is 0 Å². The maximum absolute atomic E-state index is 11.9. The van der Waals surface area contributed by atoms with E-state index in [1.807, 2.05) is 13.8 Å². The van der Waals surface area contributed by atoms with Crippen molar-refractivity contribution >= 4 is 29.5 Å². The van der Waals surface area contributed by atoms with Crippen molar-refractivity contribution in [1.29, 1.82) is 0 Å². The fourth-order valence-corrected chi connectivity index (χ4v) is 2.56. The first-order chi connectivity index (χ1) is 9.92. The second-order valence-electron chi connectivity index (χ2n) is 4.66. The van der Waals surface area contributed by atoms with E-state index in [0.29, 0.717) is 44.0 Å². The molecule has 2 amide bonds. The number of aliphatic carboxylic acids is 1. The Labute approximate surface area is 130 Å². The van der Waals surface area contributed by atoms with E-state index in [2.05, 4.69) is 0 Å². The molecule has 0 rings (SSSR count). The number of amides is 2. The molecule has 0 saturated carbocycles. The molecule has 7 heteroatoms. The summed E-state index contributed by atoms with van der Waals surface area (Å²) in [6, 6.07) is 0. The lowest BCUT2D eigenvalue weighted by Gasteiger charge is -2.25. The highest BCUT2D eigenvalue weighted by Gasteiger charge is 2.13. The smallest absolute Gasteiger partial charge is 0.304 e. The third kappa shape index (κ3) is 9.33.